The second-order valence-electron chi connectivity index (χ2n) is 8.68. The summed E-state index contributed by atoms with van der Waals surface area (Å²) >= 11 is 12.0. The molecule has 2 bridgehead atoms. The highest BCUT2D eigenvalue weighted by molar-refractivity contribution is 6.36. The molecule has 0 N–H and O–H groups in total. The highest BCUT2D eigenvalue weighted by Crippen LogP contribution is 2.65. The normalized spacial score (nSPS) is 32.1. The van der Waals surface area contributed by atoms with Crippen LogP contribution in [-0.2, 0) is 9.59 Å². The number of nitrogens with zero attached hydrogens (tertiary/aromatic N) is 1. The minimum Gasteiger partial charge on any atom is -0.423 e. The Morgan fingerprint density at radius 2 is 1.61 bits per heavy atom. The molecule has 31 heavy (non-hydrogen) atoms. The van der Waals surface area contributed by atoms with Gasteiger partial charge >= 0.3 is 5.97 Å². The number of hydrogen-bond acceptors (Lipinski definition) is 4. The molecule has 1 aliphatic heterocycles. The lowest BCUT2D eigenvalue weighted by Crippen LogP contribution is -2.40. The Morgan fingerprint density at radius 1 is 0.935 bits per heavy atom. The summed E-state index contributed by atoms with van der Waals surface area (Å²) < 4.78 is 5.46. The van der Waals surface area contributed by atoms with Crippen LogP contribution in [0.1, 0.15) is 16.8 Å². The summed E-state index contributed by atoms with van der Waals surface area (Å²) in [5.74, 6) is 0.156. The van der Waals surface area contributed by atoms with Gasteiger partial charge in [0, 0.05) is 11.1 Å². The smallest absolute Gasteiger partial charge is 0.345 e. The number of benzene rings is 2. The second kappa shape index (κ2) is 6.68. The van der Waals surface area contributed by atoms with Crippen LogP contribution in [-0.4, -0.2) is 17.8 Å². The van der Waals surface area contributed by atoms with Crippen molar-refractivity contribution in [1.29, 1.82) is 0 Å². The van der Waals surface area contributed by atoms with Crippen LogP contribution in [0.3, 0.4) is 0 Å². The van der Waals surface area contributed by atoms with Crippen molar-refractivity contribution in [2.75, 3.05) is 4.90 Å². The Morgan fingerprint density at radius 3 is 2.26 bits per heavy atom. The Hall–Kier alpha value is -2.63. The summed E-state index contributed by atoms with van der Waals surface area (Å²) in [5, 5.41) is 0.598. The van der Waals surface area contributed by atoms with E-state index in [1.54, 1.807) is 30.3 Å². The molecule has 5 aliphatic rings. The van der Waals surface area contributed by atoms with Crippen LogP contribution in [0, 0.1) is 35.5 Å². The molecule has 0 aromatic heterocycles. The van der Waals surface area contributed by atoms with Crippen LogP contribution in [0.15, 0.2) is 54.6 Å². The zero-order valence-electron chi connectivity index (χ0n) is 16.2. The van der Waals surface area contributed by atoms with Crippen LogP contribution < -0.4 is 9.64 Å². The summed E-state index contributed by atoms with van der Waals surface area (Å²) in [6, 6.07) is 11.0. The molecule has 2 amide bonds. The van der Waals surface area contributed by atoms with Crippen LogP contribution >= 0.6 is 23.2 Å². The van der Waals surface area contributed by atoms with Crippen molar-refractivity contribution < 1.29 is 19.1 Å². The molecule has 2 aromatic rings. The van der Waals surface area contributed by atoms with Gasteiger partial charge in [0.15, 0.2) is 0 Å². The summed E-state index contributed by atoms with van der Waals surface area (Å²) in [6.45, 7) is 0. The fourth-order valence-corrected chi connectivity index (χ4v) is 6.20. The molecule has 3 fully saturated rings. The van der Waals surface area contributed by atoms with Gasteiger partial charge in [-0.3, -0.25) is 9.59 Å². The number of rotatable bonds is 3. The molecule has 7 rings (SSSR count). The predicted molar refractivity (Wildman–Crippen MR) is 115 cm³/mol. The molecule has 0 radical (unpaired) electrons. The Bertz CT molecular complexity index is 1160. The molecule has 0 unspecified atom stereocenters. The van der Waals surface area contributed by atoms with Gasteiger partial charge in [-0.1, -0.05) is 41.4 Å². The highest BCUT2D eigenvalue weighted by atomic mass is 35.5. The molecule has 156 valence electrons. The van der Waals surface area contributed by atoms with E-state index in [9.17, 15) is 14.4 Å². The average molecular weight is 454 g/mol. The minimum absolute atomic E-state index is 0.149. The first-order valence-corrected chi connectivity index (χ1v) is 11.0. The molecular formula is C24H17Cl2NO4. The molecule has 4 aliphatic carbocycles. The zero-order valence-corrected chi connectivity index (χ0v) is 17.7. The largest absolute Gasteiger partial charge is 0.423 e. The van der Waals surface area contributed by atoms with E-state index >= 15 is 0 Å². The quantitative estimate of drug-likeness (QED) is 0.290. The van der Waals surface area contributed by atoms with E-state index in [0.29, 0.717) is 22.5 Å². The molecule has 1 heterocycles. The molecule has 2 aromatic carbocycles. The van der Waals surface area contributed by atoms with Crippen molar-refractivity contribution in [1.82, 2.24) is 0 Å². The Labute approximate surface area is 188 Å². The van der Waals surface area contributed by atoms with Crippen molar-refractivity contribution in [3.05, 3.63) is 70.2 Å². The first-order chi connectivity index (χ1) is 14.9. The van der Waals surface area contributed by atoms with Crippen molar-refractivity contribution in [3.63, 3.8) is 0 Å². The topological polar surface area (TPSA) is 63.7 Å². The van der Waals surface area contributed by atoms with Gasteiger partial charge in [0.05, 0.1) is 28.1 Å². The van der Waals surface area contributed by atoms with Crippen LogP contribution in [0.25, 0.3) is 0 Å². The highest BCUT2D eigenvalue weighted by Gasteiger charge is 2.67. The molecule has 2 saturated carbocycles. The van der Waals surface area contributed by atoms with Crippen molar-refractivity contribution in [3.8, 4) is 5.75 Å². The van der Waals surface area contributed by atoms with Gasteiger partial charge in [-0.25, -0.2) is 9.69 Å². The fourth-order valence-electron chi connectivity index (χ4n) is 5.71. The van der Waals surface area contributed by atoms with Crippen molar-refractivity contribution in [2.45, 2.75) is 6.42 Å². The van der Waals surface area contributed by atoms with E-state index in [0.717, 1.165) is 6.42 Å². The summed E-state index contributed by atoms with van der Waals surface area (Å²) in [4.78, 5) is 40.4. The number of hydrogen-bond donors (Lipinski definition) is 0. The number of anilines is 1. The standard InChI is InChI=1S/C24H17Cl2NO4/c25-11-4-5-16(19(26)8-11)24(30)31-13-3-1-2-12(9-13)27-22(28)20-14-6-7-15(18-10-17(14)18)21(20)23(27)29/h1-9,14-15,17-18,20-21H,10H2/t14-,15-,17-,18-,20-,21+/m0/s1. The lowest BCUT2D eigenvalue weighted by atomic mass is 9.63. The van der Waals surface area contributed by atoms with E-state index < -0.39 is 5.97 Å². The van der Waals surface area contributed by atoms with Gasteiger partial charge in [-0.2, -0.15) is 0 Å². The van der Waals surface area contributed by atoms with E-state index in [-0.39, 0.29) is 51.8 Å². The molecule has 7 heteroatoms. The number of amides is 2. The van der Waals surface area contributed by atoms with Crippen molar-refractivity contribution in [2.24, 2.45) is 35.5 Å². The minimum atomic E-state index is -0.645. The molecule has 5 nitrogen and oxygen atoms in total. The number of esters is 1. The Balaban J connectivity index is 1.27. The van der Waals surface area contributed by atoms with E-state index in [1.165, 1.54) is 17.0 Å². The third kappa shape index (κ3) is 2.80. The first-order valence-electron chi connectivity index (χ1n) is 10.3. The number of allylic oxidation sites excluding steroid dienone is 2. The van der Waals surface area contributed by atoms with Crippen molar-refractivity contribution >= 4 is 46.7 Å². The lowest BCUT2D eigenvalue weighted by Gasteiger charge is -2.37. The third-order valence-corrected chi connectivity index (χ3v) is 7.65. The Kier molecular flexibility index (Phi) is 4.11. The number of ether oxygens (including phenoxy) is 1. The number of halogens is 2. The number of carbonyl (C=O) groups is 3. The summed E-state index contributed by atoms with van der Waals surface area (Å²) in [7, 11) is 0. The number of carbonyl (C=O) groups excluding carboxylic acids is 3. The van der Waals surface area contributed by atoms with Gasteiger partial charge < -0.3 is 4.74 Å². The predicted octanol–water partition coefficient (Wildman–Crippen LogP) is 4.77. The molecule has 6 atom stereocenters. The summed E-state index contributed by atoms with van der Waals surface area (Å²) in [6.07, 6.45) is 5.40. The van der Waals surface area contributed by atoms with Crippen LogP contribution in [0.4, 0.5) is 5.69 Å². The van der Waals surface area contributed by atoms with Gasteiger partial charge in [-0.15, -0.1) is 0 Å². The zero-order chi connectivity index (χ0) is 21.4. The molecule has 1 saturated heterocycles. The van der Waals surface area contributed by atoms with Gasteiger partial charge in [0.25, 0.3) is 0 Å². The lowest BCUT2D eigenvalue weighted by molar-refractivity contribution is -0.124. The fraction of sp³-hybridized carbons (Fsp3) is 0.292. The second-order valence-corrected chi connectivity index (χ2v) is 9.52. The van der Waals surface area contributed by atoms with Gasteiger partial charge in [-0.05, 0) is 60.4 Å². The third-order valence-electron chi connectivity index (χ3n) is 7.10. The van der Waals surface area contributed by atoms with Gasteiger partial charge in [0.2, 0.25) is 11.8 Å². The molecule has 0 spiro atoms. The first kappa shape index (κ1) is 19.1. The summed E-state index contributed by atoms with van der Waals surface area (Å²) in [5.41, 5.74) is 0.600. The average Bonchev–Trinajstić information content (AvgIpc) is 3.51. The number of imide groups is 1. The molecular weight excluding hydrogens is 437 g/mol. The van der Waals surface area contributed by atoms with E-state index in [4.69, 9.17) is 27.9 Å². The van der Waals surface area contributed by atoms with Crippen LogP contribution in [0.2, 0.25) is 10.0 Å². The van der Waals surface area contributed by atoms with Gasteiger partial charge in [0.1, 0.15) is 5.75 Å². The van der Waals surface area contributed by atoms with Crippen LogP contribution in [0.5, 0.6) is 5.75 Å². The monoisotopic (exact) mass is 453 g/mol. The maximum atomic E-state index is 13.3. The maximum absolute atomic E-state index is 13.3. The van der Waals surface area contributed by atoms with E-state index in [1.807, 2.05) is 0 Å². The maximum Gasteiger partial charge on any atom is 0.345 e. The van der Waals surface area contributed by atoms with E-state index in [2.05, 4.69) is 12.2 Å². The SMILES string of the molecule is O=C(Oc1cccc(N2C(=O)[C@@H]3[C@H]4C=C[C@@H]([C@@H]5C[C@@H]45)[C@@H]3C2=O)c1)c1ccc(Cl)cc1Cl.